The normalized spacial score (nSPS) is 19.2. The number of hydrogen-bond acceptors (Lipinski definition) is 6. The average molecular weight is 535 g/mol. The van der Waals surface area contributed by atoms with Gasteiger partial charge in [-0.1, -0.05) is 18.0 Å². The summed E-state index contributed by atoms with van der Waals surface area (Å²) in [7, 11) is 0. The molecular formula is C25H28ClFN4O4S. The van der Waals surface area contributed by atoms with Gasteiger partial charge in [-0.3, -0.25) is 19.3 Å². The molecular weight excluding hydrogens is 507 g/mol. The molecule has 1 atom stereocenters. The van der Waals surface area contributed by atoms with Crippen LogP contribution >= 0.6 is 22.9 Å². The minimum atomic E-state index is -0.597. The van der Waals surface area contributed by atoms with Crippen molar-refractivity contribution < 1.29 is 23.5 Å². The molecule has 3 fully saturated rings. The van der Waals surface area contributed by atoms with Crippen molar-refractivity contribution in [2.75, 3.05) is 36.5 Å². The first-order valence-electron chi connectivity index (χ1n) is 12.2. The summed E-state index contributed by atoms with van der Waals surface area (Å²) in [6.07, 6.45) is 5.20. The van der Waals surface area contributed by atoms with E-state index in [9.17, 15) is 18.8 Å². The van der Waals surface area contributed by atoms with E-state index in [1.54, 1.807) is 18.2 Å². The molecule has 192 valence electrons. The number of halogens is 2. The molecule has 8 nitrogen and oxygen atoms in total. The minimum absolute atomic E-state index is 0.0822. The molecule has 2 N–H and O–H groups in total. The van der Waals surface area contributed by atoms with Gasteiger partial charge in [0.1, 0.15) is 18.5 Å². The van der Waals surface area contributed by atoms with Gasteiger partial charge in [0.2, 0.25) is 5.91 Å². The van der Waals surface area contributed by atoms with E-state index in [0.717, 1.165) is 32.1 Å². The quantitative estimate of drug-likeness (QED) is 0.512. The molecule has 1 aliphatic heterocycles. The lowest BCUT2D eigenvalue weighted by atomic mass is 9.89. The van der Waals surface area contributed by atoms with Crippen molar-refractivity contribution in [3.8, 4) is 0 Å². The molecule has 1 saturated heterocycles. The number of morpholine rings is 1. The Morgan fingerprint density at radius 1 is 1.19 bits per heavy atom. The van der Waals surface area contributed by atoms with Crippen LogP contribution in [0, 0.1) is 5.82 Å². The molecule has 5 rings (SSSR count). The molecule has 0 unspecified atom stereocenters. The molecule has 2 aromatic rings. The Morgan fingerprint density at radius 3 is 2.58 bits per heavy atom. The smallest absolute Gasteiger partial charge is 0.261 e. The Balaban J connectivity index is 1.31. The standard InChI is InChI=1S/C25H28ClFN4O4S/c26-22-9-8-21(36-22)25(34)28-13-20(31(17-5-6-17)16-2-1-3-16)24(33)29-15-4-7-19(18(27)12-15)30-10-11-35-14-23(30)32/h4,7-9,12,16-17,20H,1-3,5-6,10-11,13-14H2,(H,28,34)(H,29,33)/t20-/m1/s1. The van der Waals surface area contributed by atoms with E-state index in [1.165, 1.54) is 28.4 Å². The van der Waals surface area contributed by atoms with Crippen LogP contribution in [-0.2, 0) is 14.3 Å². The molecule has 36 heavy (non-hydrogen) atoms. The molecule has 1 aromatic carbocycles. The maximum atomic E-state index is 14.9. The Morgan fingerprint density at radius 2 is 1.97 bits per heavy atom. The van der Waals surface area contributed by atoms with Gasteiger partial charge in [-0.25, -0.2) is 4.39 Å². The molecule has 0 radical (unpaired) electrons. The van der Waals surface area contributed by atoms with E-state index >= 15 is 0 Å². The van der Waals surface area contributed by atoms with E-state index in [-0.39, 0.29) is 43.1 Å². The van der Waals surface area contributed by atoms with Crippen LogP contribution in [0.4, 0.5) is 15.8 Å². The van der Waals surface area contributed by atoms with E-state index in [0.29, 0.717) is 33.6 Å². The number of anilines is 2. The van der Waals surface area contributed by atoms with Crippen LogP contribution in [0.1, 0.15) is 41.8 Å². The zero-order valence-corrected chi connectivity index (χ0v) is 21.2. The van der Waals surface area contributed by atoms with Gasteiger partial charge in [0, 0.05) is 30.9 Å². The zero-order chi connectivity index (χ0) is 25.2. The van der Waals surface area contributed by atoms with Crippen LogP contribution in [0.15, 0.2) is 30.3 Å². The second kappa shape index (κ2) is 10.8. The summed E-state index contributed by atoms with van der Waals surface area (Å²) in [6, 6.07) is 7.65. The molecule has 2 heterocycles. The highest BCUT2D eigenvalue weighted by molar-refractivity contribution is 7.18. The SMILES string of the molecule is O=C(NC[C@H](C(=O)Nc1ccc(N2CCOCC2=O)c(F)c1)N(C1CCC1)C1CC1)c1ccc(Cl)s1. The molecule has 0 bridgehead atoms. The third-order valence-corrected chi connectivity index (χ3v) is 8.10. The van der Waals surface area contributed by atoms with Crippen LogP contribution in [0.2, 0.25) is 4.34 Å². The molecule has 0 spiro atoms. The Hall–Kier alpha value is -2.53. The highest BCUT2D eigenvalue weighted by Gasteiger charge is 2.43. The second-order valence-electron chi connectivity index (χ2n) is 9.35. The maximum absolute atomic E-state index is 14.9. The number of hydrogen-bond donors (Lipinski definition) is 2. The van der Waals surface area contributed by atoms with Crippen molar-refractivity contribution in [3.63, 3.8) is 0 Å². The van der Waals surface area contributed by atoms with Crippen LogP contribution in [0.5, 0.6) is 0 Å². The summed E-state index contributed by atoms with van der Waals surface area (Å²) in [4.78, 5) is 42.3. The van der Waals surface area contributed by atoms with Crippen molar-refractivity contribution >= 4 is 52.0 Å². The van der Waals surface area contributed by atoms with E-state index in [4.69, 9.17) is 16.3 Å². The summed E-state index contributed by atoms with van der Waals surface area (Å²) in [5, 5.41) is 5.73. The molecule has 3 amide bonds. The summed E-state index contributed by atoms with van der Waals surface area (Å²) in [5.41, 5.74) is 0.460. The summed E-state index contributed by atoms with van der Waals surface area (Å²) in [5.74, 6) is -1.48. The predicted molar refractivity (Wildman–Crippen MR) is 136 cm³/mol. The number of nitrogens with one attached hydrogen (secondary N) is 2. The average Bonchev–Trinajstić information content (AvgIpc) is 3.57. The molecule has 2 saturated carbocycles. The van der Waals surface area contributed by atoms with Crippen molar-refractivity contribution in [2.45, 2.75) is 50.2 Å². The second-order valence-corrected chi connectivity index (χ2v) is 11.1. The number of nitrogens with zero attached hydrogens (tertiary/aromatic N) is 2. The first kappa shape index (κ1) is 25.1. The third kappa shape index (κ3) is 5.56. The summed E-state index contributed by atoms with van der Waals surface area (Å²) < 4.78 is 20.6. The molecule has 2 aliphatic carbocycles. The van der Waals surface area contributed by atoms with Gasteiger partial charge < -0.3 is 20.3 Å². The maximum Gasteiger partial charge on any atom is 0.261 e. The lowest BCUT2D eigenvalue weighted by Crippen LogP contribution is -2.57. The van der Waals surface area contributed by atoms with Gasteiger partial charge >= 0.3 is 0 Å². The lowest BCUT2D eigenvalue weighted by molar-refractivity contribution is -0.126. The van der Waals surface area contributed by atoms with Crippen molar-refractivity contribution in [2.24, 2.45) is 0 Å². The molecule has 1 aromatic heterocycles. The third-order valence-electron chi connectivity index (χ3n) is 6.87. The number of thiophene rings is 1. The van der Waals surface area contributed by atoms with Crippen molar-refractivity contribution in [3.05, 3.63) is 45.4 Å². The van der Waals surface area contributed by atoms with Gasteiger partial charge in [0.05, 0.1) is 21.5 Å². The Bertz CT molecular complexity index is 1150. The lowest BCUT2D eigenvalue weighted by Gasteiger charge is -2.42. The first-order chi connectivity index (χ1) is 17.4. The zero-order valence-electron chi connectivity index (χ0n) is 19.7. The van der Waals surface area contributed by atoms with E-state index in [2.05, 4.69) is 15.5 Å². The van der Waals surface area contributed by atoms with Crippen LogP contribution in [0.3, 0.4) is 0 Å². The number of benzene rings is 1. The van der Waals surface area contributed by atoms with Gasteiger partial charge in [0.15, 0.2) is 0 Å². The van der Waals surface area contributed by atoms with Gasteiger partial charge in [0.25, 0.3) is 11.8 Å². The largest absolute Gasteiger partial charge is 0.370 e. The van der Waals surface area contributed by atoms with Crippen LogP contribution in [-0.4, -0.2) is 67.1 Å². The van der Waals surface area contributed by atoms with Gasteiger partial charge in [-0.2, -0.15) is 0 Å². The number of carbonyl (C=O) groups excluding carboxylic acids is 3. The number of ether oxygens (including phenoxy) is 1. The Kier molecular flexibility index (Phi) is 7.57. The van der Waals surface area contributed by atoms with E-state index < -0.39 is 11.9 Å². The first-order valence-corrected chi connectivity index (χ1v) is 13.4. The van der Waals surface area contributed by atoms with Crippen molar-refractivity contribution in [1.82, 2.24) is 10.2 Å². The fourth-order valence-corrected chi connectivity index (χ4v) is 5.67. The summed E-state index contributed by atoms with van der Waals surface area (Å²) >= 11 is 7.15. The number of rotatable bonds is 9. The van der Waals surface area contributed by atoms with Crippen LogP contribution < -0.4 is 15.5 Å². The highest BCUT2D eigenvalue weighted by atomic mass is 35.5. The predicted octanol–water partition coefficient (Wildman–Crippen LogP) is 3.66. The number of carbonyl (C=O) groups is 3. The molecule has 11 heteroatoms. The summed E-state index contributed by atoms with van der Waals surface area (Å²) in [6.45, 7) is 0.667. The van der Waals surface area contributed by atoms with Crippen molar-refractivity contribution in [1.29, 1.82) is 0 Å². The van der Waals surface area contributed by atoms with E-state index in [1.807, 2.05) is 0 Å². The minimum Gasteiger partial charge on any atom is -0.370 e. The monoisotopic (exact) mass is 534 g/mol. The topological polar surface area (TPSA) is 91.0 Å². The highest BCUT2D eigenvalue weighted by Crippen LogP contribution is 2.37. The Labute approximate surface area is 217 Å². The number of amides is 3. The molecule has 3 aliphatic rings. The fourth-order valence-electron chi connectivity index (χ4n) is 4.71. The van der Waals surface area contributed by atoms with Gasteiger partial charge in [-0.15, -0.1) is 11.3 Å². The fraction of sp³-hybridized carbons (Fsp3) is 0.480. The van der Waals surface area contributed by atoms with Gasteiger partial charge in [-0.05, 0) is 56.0 Å². The van der Waals surface area contributed by atoms with Crippen LogP contribution in [0.25, 0.3) is 0 Å².